The fourth-order valence-corrected chi connectivity index (χ4v) is 8.54. The molecule has 1 aliphatic heterocycles. The number of nitrogens with zero attached hydrogens (tertiary/aromatic N) is 2. The van der Waals surface area contributed by atoms with E-state index in [0.29, 0.717) is 0 Å². The SMILES string of the molecule is c1ccc(-c2cccc(N(c3ccc(-c4cc5c(c6ccccc46)OC(c4ccccc4)N5)cc3)c3ccc4c5ccccc5n(-c5ccccc5)c4c3)c2)cc1. The second-order valence-electron chi connectivity index (χ2n) is 14.6. The first-order valence-electron chi connectivity index (χ1n) is 19.5. The van der Waals surface area contributed by atoms with Crippen LogP contribution in [0, 0.1) is 0 Å². The van der Waals surface area contributed by atoms with Crippen molar-refractivity contribution in [2.45, 2.75) is 6.23 Å². The number of aromatic nitrogens is 1. The lowest BCUT2D eigenvalue weighted by Gasteiger charge is -2.26. The van der Waals surface area contributed by atoms with Crippen molar-refractivity contribution in [3.63, 3.8) is 0 Å². The average Bonchev–Trinajstić information content (AvgIpc) is 3.87. The number of benzene rings is 9. The molecule has 0 aliphatic carbocycles. The lowest BCUT2D eigenvalue weighted by molar-refractivity contribution is 0.262. The second-order valence-corrected chi connectivity index (χ2v) is 14.6. The second kappa shape index (κ2) is 13.6. The summed E-state index contributed by atoms with van der Waals surface area (Å²) in [5.74, 6) is 0.896. The Morgan fingerprint density at radius 3 is 1.82 bits per heavy atom. The van der Waals surface area contributed by atoms with Crippen molar-refractivity contribution in [2.24, 2.45) is 0 Å². The largest absolute Gasteiger partial charge is 0.464 e. The zero-order chi connectivity index (χ0) is 37.7. The van der Waals surface area contributed by atoms with E-state index in [1.54, 1.807) is 0 Å². The average molecular weight is 732 g/mol. The molecule has 11 rings (SSSR count). The number of rotatable bonds is 7. The van der Waals surface area contributed by atoms with Crippen molar-refractivity contribution >= 4 is 55.3 Å². The third-order valence-electron chi connectivity index (χ3n) is 11.2. The quantitative estimate of drug-likeness (QED) is 0.177. The molecule has 0 fully saturated rings. The van der Waals surface area contributed by atoms with Crippen LogP contribution >= 0.6 is 0 Å². The van der Waals surface area contributed by atoms with Gasteiger partial charge in [0.25, 0.3) is 0 Å². The molecule has 1 aliphatic rings. The van der Waals surface area contributed by atoms with Crippen molar-refractivity contribution in [3.8, 4) is 33.7 Å². The Morgan fingerprint density at radius 2 is 1.04 bits per heavy atom. The highest BCUT2D eigenvalue weighted by Crippen LogP contribution is 2.48. The van der Waals surface area contributed by atoms with Crippen molar-refractivity contribution in [3.05, 3.63) is 218 Å². The molecule has 0 amide bonds. The van der Waals surface area contributed by atoms with E-state index in [1.807, 2.05) is 6.07 Å². The Kier molecular flexibility index (Phi) is 7.85. The molecule has 9 aromatic carbocycles. The normalized spacial score (nSPS) is 13.4. The molecule has 57 heavy (non-hydrogen) atoms. The van der Waals surface area contributed by atoms with Gasteiger partial charge in [-0.2, -0.15) is 0 Å². The van der Waals surface area contributed by atoms with Crippen LogP contribution in [0.4, 0.5) is 22.7 Å². The smallest absolute Gasteiger partial charge is 0.196 e. The van der Waals surface area contributed by atoms with Gasteiger partial charge in [-0.15, -0.1) is 0 Å². The Hall–Kier alpha value is -7.56. The molecule has 0 saturated carbocycles. The Morgan fingerprint density at radius 1 is 0.421 bits per heavy atom. The Labute approximate surface area is 331 Å². The lowest BCUT2D eigenvalue weighted by Crippen LogP contribution is -2.10. The predicted octanol–water partition coefficient (Wildman–Crippen LogP) is 14.2. The van der Waals surface area contributed by atoms with Gasteiger partial charge in [0.1, 0.15) is 0 Å². The molecular weight excluding hydrogens is 695 g/mol. The first kappa shape index (κ1) is 32.8. The van der Waals surface area contributed by atoms with Crippen molar-refractivity contribution in [2.75, 3.05) is 10.2 Å². The third kappa shape index (κ3) is 5.70. The van der Waals surface area contributed by atoms with Crippen LogP contribution in [0.5, 0.6) is 5.75 Å². The third-order valence-corrected chi connectivity index (χ3v) is 11.2. The summed E-state index contributed by atoms with van der Waals surface area (Å²) in [5, 5.41) is 8.37. The monoisotopic (exact) mass is 731 g/mol. The Balaban J connectivity index is 1.06. The van der Waals surface area contributed by atoms with E-state index in [4.69, 9.17) is 4.74 Å². The molecule has 0 spiro atoms. The maximum atomic E-state index is 6.55. The first-order valence-corrected chi connectivity index (χ1v) is 19.5. The Bertz CT molecular complexity index is 3060. The number of fused-ring (bicyclic) bond motifs is 6. The van der Waals surface area contributed by atoms with E-state index >= 15 is 0 Å². The van der Waals surface area contributed by atoms with E-state index in [1.165, 1.54) is 27.4 Å². The number of hydrogen-bond acceptors (Lipinski definition) is 3. The van der Waals surface area contributed by atoms with Gasteiger partial charge in [-0.1, -0.05) is 152 Å². The van der Waals surface area contributed by atoms with Crippen molar-refractivity contribution in [1.82, 2.24) is 4.57 Å². The van der Waals surface area contributed by atoms with Crippen molar-refractivity contribution in [1.29, 1.82) is 0 Å². The number of para-hydroxylation sites is 2. The van der Waals surface area contributed by atoms with Crippen molar-refractivity contribution < 1.29 is 4.74 Å². The predicted molar refractivity (Wildman–Crippen MR) is 237 cm³/mol. The molecule has 1 atom stereocenters. The zero-order valence-electron chi connectivity index (χ0n) is 31.1. The van der Waals surface area contributed by atoms with Crippen LogP contribution in [-0.4, -0.2) is 4.57 Å². The molecule has 0 radical (unpaired) electrons. The molecule has 270 valence electrons. The highest BCUT2D eigenvalue weighted by molar-refractivity contribution is 6.10. The van der Waals surface area contributed by atoms with Gasteiger partial charge in [-0.05, 0) is 88.3 Å². The molecule has 4 heteroatoms. The fraction of sp³-hybridized carbons (Fsp3) is 0.0189. The highest BCUT2D eigenvalue weighted by atomic mass is 16.5. The molecular formula is C53H37N3O. The molecule has 1 unspecified atom stereocenters. The van der Waals surface area contributed by atoms with E-state index in [0.717, 1.165) is 67.2 Å². The van der Waals surface area contributed by atoms with Gasteiger partial charge in [0.15, 0.2) is 12.0 Å². The minimum atomic E-state index is -0.236. The molecule has 1 aromatic heterocycles. The minimum Gasteiger partial charge on any atom is -0.464 e. The highest BCUT2D eigenvalue weighted by Gasteiger charge is 2.27. The van der Waals surface area contributed by atoms with Crippen LogP contribution in [-0.2, 0) is 0 Å². The standard InChI is InChI=1S/C53H37N3O/c1-4-15-36(16-5-1)39-19-14-22-42(33-39)55(43-31-32-46-45-24-12-13-26-50(45)56(51(46)34-43)40-20-8-3-9-21-40)41-29-27-37(28-30-41)48-35-49-52(47-25-11-10-23-44(47)48)57-53(54-49)38-17-6-2-7-18-38/h1-35,53-54H. The van der Waals surface area contributed by atoms with Crippen LogP contribution < -0.4 is 15.0 Å². The summed E-state index contributed by atoms with van der Waals surface area (Å²) in [7, 11) is 0. The number of anilines is 4. The van der Waals surface area contributed by atoms with Gasteiger partial charge in [-0.3, -0.25) is 0 Å². The summed E-state index contributed by atoms with van der Waals surface area (Å²) in [6.45, 7) is 0. The van der Waals surface area contributed by atoms with Gasteiger partial charge in [-0.25, -0.2) is 0 Å². The minimum absolute atomic E-state index is 0.236. The zero-order valence-corrected chi connectivity index (χ0v) is 31.1. The number of nitrogens with one attached hydrogen (secondary N) is 1. The van der Waals surface area contributed by atoms with E-state index in [-0.39, 0.29) is 6.23 Å². The summed E-state index contributed by atoms with van der Waals surface area (Å²) in [4.78, 5) is 2.38. The van der Waals surface area contributed by atoms with Crippen LogP contribution in [0.1, 0.15) is 11.8 Å². The molecule has 10 aromatic rings. The summed E-state index contributed by atoms with van der Waals surface area (Å²) >= 11 is 0. The van der Waals surface area contributed by atoms with Gasteiger partial charge in [0.05, 0.1) is 16.7 Å². The molecule has 1 N–H and O–H groups in total. The van der Waals surface area contributed by atoms with Gasteiger partial charge in [0.2, 0.25) is 0 Å². The van der Waals surface area contributed by atoms with E-state index in [2.05, 4.69) is 221 Å². The summed E-state index contributed by atoms with van der Waals surface area (Å²) in [6, 6.07) is 75.8. The fourth-order valence-electron chi connectivity index (χ4n) is 8.54. The van der Waals surface area contributed by atoms with Crippen LogP contribution in [0.15, 0.2) is 212 Å². The summed E-state index contributed by atoms with van der Waals surface area (Å²) < 4.78 is 8.94. The molecule has 2 heterocycles. The maximum absolute atomic E-state index is 6.55. The topological polar surface area (TPSA) is 29.4 Å². The molecule has 0 saturated heterocycles. The van der Waals surface area contributed by atoms with Crippen LogP contribution in [0.3, 0.4) is 0 Å². The van der Waals surface area contributed by atoms with Gasteiger partial charge >= 0.3 is 0 Å². The first-order chi connectivity index (χ1) is 28.3. The maximum Gasteiger partial charge on any atom is 0.196 e. The summed E-state index contributed by atoms with van der Waals surface area (Å²) in [5.41, 5.74) is 13.5. The van der Waals surface area contributed by atoms with E-state index in [9.17, 15) is 0 Å². The van der Waals surface area contributed by atoms with Gasteiger partial charge < -0.3 is 19.5 Å². The molecule has 4 nitrogen and oxygen atoms in total. The van der Waals surface area contributed by atoms with E-state index < -0.39 is 0 Å². The summed E-state index contributed by atoms with van der Waals surface area (Å²) in [6.07, 6.45) is -0.236. The lowest BCUT2D eigenvalue weighted by atomic mass is 9.96. The van der Waals surface area contributed by atoms with Crippen LogP contribution in [0.2, 0.25) is 0 Å². The van der Waals surface area contributed by atoms with Gasteiger partial charge in [0, 0.05) is 44.5 Å². The number of ether oxygens (including phenoxy) is 1. The molecule has 0 bridgehead atoms. The van der Waals surface area contributed by atoms with Crippen LogP contribution in [0.25, 0.3) is 60.5 Å². The number of hydrogen-bond donors (Lipinski definition) is 1.